The lowest BCUT2D eigenvalue weighted by Gasteiger charge is -2.17. The van der Waals surface area contributed by atoms with Crippen molar-refractivity contribution in [1.29, 1.82) is 0 Å². The molecule has 0 N–H and O–H groups in total. The number of rotatable bonds is 16. The van der Waals surface area contributed by atoms with Crippen LogP contribution in [0.3, 0.4) is 0 Å². The van der Waals surface area contributed by atoms with Gasteiger partial charge in [-0.15, -0.1) is 0 Å². The van der Waals surface area contributed by atoms with Crippen LogP contribution in [0.1, 0.15) is 383 Å². The number of pyridine rings is 2. The molecule has 0 unspecified atom stereocenters. The third-order valence-electron chi connectivity index (χ3n) is 17.6. The highest BCUT2D eigenvalue weighted by Crippen LogP contribution is 2.29. The zero-order valence-electron chi connectivity index (χ0n) is 66.2. The summed E-state index contributed by atoms with van der Waals surface area (Å²) in [7, 11) is -0.518. The molecule has 93 heavy (non-hydrogen) atoms. The van der Waals surface area contributed by atoms with Gasteiger partial charge in [-0.3, -0.25) is 9.97 Å². The van der Waals surface area contributed by atoms with Gasteiger partial charge in [0.1, 0.15) is 5.82 Å². The fourth-order valence-corrected chi connectivity index (χ4v) is 12.5. The summed E-state index contributed by atoms with van der Waals surface area (Å²) in [5.74, 6) is 7.96. The van der Waals surface area contributed by atoms with Crippen molar-refractivity contribution in [2.24, 2.45) is 0 Å². The first-order valence-corrected chi connectivity index (χ1v) is 39.4. The first-order valence-electron chi connectivity index (χ1n) is 36.3. The summed E-state index contributed by atoms with van der Waals surface area (Å²) in [6.07, 6.45) is 3.99. The van der Waals surface area contributed by atoms with E-state index in [0.717, 1.165) is 11.1 Å². The van der Waals surface area contributed by atoms with Gasteiger partial charge in [0.15, 0.2) is 0 Å². The fourth-order valence-electron chi connectivity index (χ4n) is 11.3. The Morgan fingerprint density at radius 3 is 0.828 bits per heavy atom. The Balaban J connectivity index is 0.000000543. The van der Waals surface area contributed by atoms with E-state index in [-0.39, 0.29) is 11.7 Å². The van der Waals surface area contributed by atoms with E-state index < -0.39 is 8.80 Å². The molecule has 4 heteroatoms. The van der Waals surface area contributed by atoms with Crippen molar-refractivity contribution >= 4 is 8.80 Å². The molecule has 0 spiro atoms. The Morgan fingerprint density at radius 2 is 0.570 bits per heavy atom. The standard InChI is InChI=1S/C15H26Si.3C13H20.C12H17F.C12H19N.C11H17N/c1-11(2)13-7-8-15(12(3)4)14(9-13)10-16(5)6;3*1-9(2)12-6-7-13(10(3)4)11(5)8-12;1-8(2)10-5-6-11(9(3)4)12(13)7-10;1-8(2)11-6-10(5)12(9(3)4)13-7-11;1-8(2)10-5-6-11(9(3)4)12-7-10/h7-9,11-12,16H,10H2,1-6H3;3*6-10H,1-5H3;5-9H,1-4H3;6-9H,1-5H3;5-9H,1-4H3. The molecule has 0 saturated heterocycles. The van der Waals surface area contributed by atoms with E-state index in [9.17, 15) is 4.39 Å². The maximum atomic E-state index is 13.5. The predicted molar refractivity (Wildman–Crippen MR) is 419 cm³/mol. The highest BCUT2D eigenvalue weighted by atomic mass is 28.3. The van der Waals surface area contributed by atoms with Gasteiger partial charge < -0.3 is 0 Å². The Morgan fingerprint density at radius 1 is 0.280 bits per heavy atom. The van der Waals surface area contributed by atoms with Crippen molar-refractivity contribution in [3.8, 4) is 0 Å². The molecule has 0 amide bonds. The summed E-state index contributed by atoms with van der Waals surface area (Å²) in [4.78, 5) is 8.90. The zero-order valence-corrected chi connectivity index (χ0v) is 67.3. The molecule has 7 rings (SSSR count). The van der Waals surface area contributed by atoms with Crippen LogP contribution in [0.5, 0.6) is 0 Å². The predicted octanol–water partition coefficient (Wildman–Crippen LogP) is 28.3. The van der Waals surface area contributed by atoms with Crippen LogP contribution in [-0.4, -0.2) is 18.8 Å². The molecule has 0 aliphatic heterocycles. The third kappa shape index (κ3) is 30.4. The van der Waals surface area contributed by atoms with Crippen LogP contribution >= 0.6 is 0 Å². The second-order valence-corrected chi connectivity index (χ2v) is 34.5. The molecular formula is C89H139FN2Si. The largest absolute Gasteiger partial charge is 0.261 e. The molecule has 2 heterocycles. The van der Waals surface area contributed by atoms with Crippen molar-refractivity contribution in [2.75, 3.05) is 0 Å². The van der Waals surface area contributed by atoms with Gasteiger partial charge in [-0.05, 0) is 223 Å². The first kappa shape index (κ1) is 85.6. The summed E-state index contributed by atoms with van der Waals surface area (Å²) < 4.78 is 13.5. The number of benzene rings is 5. The molecule has 5 aromatic carbocycles. The van der Waals surface area contributed by atoms with Crippen LogP contribution in [-0.2, 0) is 6.04 Å². The Bertz CT molecular complexity index is 2830. The van der Waals surface area contributed by atoms with Gasteiger partial charge in [0, 0.05) is 32.6 Å². The molecule has 2 aromatic heterocycles. The highest BCUT2D eigenvalue weighted by molar-refractivity contribution is 6.55. The smallest absolute Gasteiger partial charge is 0.126 e. The fraction of sp³-hybridized carbons (Fsp3) is 0.551. The summed E-state index contributed by atoms with van der Waals surface area (Å²) in [6.45, 7) is 75.4. The van der Waals surface area contributed by atoms with Crippen LogP contribution in [0.15, 0.2) is 122 Å². The van der Waals surface area contributed by atoms with Gasteiger partial charge in [-0.25, -0.2) is 4.39 Å². The van der Waals surface area contributed by atoms with E-state index >= 15 is 0 Å². The molecule has 0 aliphatic rings. The molecule has 0 bridgehead atoms. The number of aromatic nitrogens is 2. The Kier molecular flexibility index (Phi) is 38.8. The summed E-state index contributed by atoms with van der Waals surface area (Å²) in [5, 5.41) is 0. The average Bonchev–Trinajstić information content (AvgIpc) is 3.00. The van der Waals surface area contributed by atoms with Crippen LogP contribution in [0, 0.1) is 33.5 Å². The van der Waals surface area contributed by atoms with E-state index in [2.05, 4.69) is 322 Å². The second-order valence-electron chi connectivity index (χ2n) is 31.3. The Hall–Kier alpha value is -5.45. The van der Waals surface area contributed by atoms with Crippen LogP contribution < -0.4 is 0 Å². The molecule has 0 radical (unpaired) electrons. The lowest BCUT2D eigenvalue weighted by molar-refractivity contribution is 0.594. The normalized spacial score (nSPS) is 11.4. The minimum absolute atomic E-state index is 0.0683. The third-order valence-corrected chi connectivity index (χ3v) is 18.8. The van der Waals surface area contributed by atoms with Gasteiger partial charge in [-0.2, -0.15) is 0 Å². The van der Waals surface area contributed by atoms with E-state index in [4.69, 9.17) is 0 Å². The summed E-state index contributed by atoms with van der Waals surface area (Å²) in [6, 6.07) is 41.1. The molecular weight excluding hydrogens is 1140 g/mol. The number of aryl methyl sites for hydroxylation is 4. The highest BCUT2D eigenvalue weighted by Gasteiger charge is 2.14. The quantitative estimate of drug-likeness (QED) is 0.0901. The minimum Gasteiger partial charge on any atom is -0.261 e. The number of nitrogens with zero attached hydrogens (tertiary/aromatic N) is 2. The second kappa shape index (κ2) is 42.2. The van der Waals surface area contributed by atoms with Crippen molar-refractivity contribution in [3.63, 3.8) is 0 Å². The number of hydrogen-bond donors (Lipinski definition) is 0. The maximum absolute atomic E-state index is 13.5. The molecule has 0 saturated carbocycles. The van der Waals surface area contributed by atoms with E-state index in [0.29, 0.717) is 76.9 Å². The van der Waals surface area contributed by atoms with Gasteiger partial charge in [0.05, 0.1) is 0 Å². The van der Waals surface area contributed by atoms with Crippen LogP contribution in [0.25, 0.3) is 0 Å². The average molecular weight is 1280 g/mol. The summed E-state index contributed by atoms with van der Waals surface area (Å²) >= 11 is 0. The van der Waals surface area contributed by atoms with Gasteiger partial charge in [0.25, 0.3) is 0 Å². The molecule has 0 atom stereocenters. The molecule has 7 aromatic rings. The number of hydrogen-bond acceptors (Lipinski definition) is 2. The minimum atomic E-state index is -0.518. The maximum Gasteiger partial charge on any atom is 0.126 e. The van der Waals surface area contributed by atoms with E-state index in [1.807, 2.05) is 38.4 Å². The van der Waals surface area contributed by atoms with Crippen LogP contribution in [0.4, 0.5) is 4.39 Å². The molecule has 0 fully saturated rings. The molecule has 516 valence electrons. The van der Waals surface area contributed by atoms with Gasteiger partial charge in [-0.1, -0.05) is 304 Å². The van der Waals surface area contributed by atoms with Crippen molar-refractivity contribution < 1.29 is 4.39 Å². The first-order chi connectivity index (χ1) is 43.1. The number of halogens is 1. The van der Waals surface area contributed by atoms with Gasteiger partial charge >= 0.3 is 0 Å². The lowest BCUT2D eigenvalue weighted by atomic mass is 9.93. The molecule has 0 aliphatic carbocycles. The van der Waals surface area contributed by atoms with Crippen molar-refractivity contribution in [2.45, 2.75) is 324 Å². The van der Waals surface area contributed by atoms with Gasteiger partial charge in [0.2, 0.25) is 0 Å². The van der Waals surface area contributed by atoms with Crippen molar-refractivity contribution in [3.05, 3.63) is 233 Å². The van der Waals surface area contributed by atoms with Crippen LogP contribution in [0.2, 0.25) is 13.1 Å². The lowest BCUT2D eigenvalue weighted by Crippen LogP contribution is -2.09. The topological polar surface area (TPSA) is 25.8 Å². The molecule has 2 nitrogen and oxygen atoms in total. The van der Waals surface area contributed by atoms with E-state index in [1.165, 1.54) is 89.8 Å². The summed E-state index contributed by atoms with van der Waals surface area (Å²) in [5.41, 5.74) is 26.0. The van der Waals surface area contributed by atoms with Crippen molar-refractivity contribution in [1.82, 2.24) is 9.97 Å². The Labute approximate surface area is 576 Å². The van der Waals surface area contributed by atoms with E-state index in [1.54, 1.807) is 17.2 Å². The zero-order chi connectivity index (χ0) is 71.5. The monoisotopic (exact) mass is 1280 g/mol. The SMILES string of the molecule is CC(C)c1ccc(C(C)C)c(C[SiH](C)C)c1.CC(C)c1ccc(C(C)C)c(F)c1.CC(C)c1ccc(C(C)C)nc1.Cc1cc(C(C)C)ccc1C(C)C.Cc1cc(C(C)C)ccc1C(C)C.Cc1cc(C(C)C)ccc1C(C)C.Cc1cc(C(C)C)cnc1C(C)C.